The molecule has 2 fully saturated rings. The van der Waals surface area contributed by atoms with E-state index >= 15 is 0 Å². The van der Waals surface area contributed by atoms with Gasteiger partial charge in [-0.3, -0.25) is 0 Å². The van der Waals surface area contributed by atoms with Crippen LogP contribution in [0.3, 0.4) is 0 Å². The largest absolute Gasteiger partial charge is 0.497 e. The van der Waals surface area contributed by atoms with Crippen molar-refractivity contribution in [3.05, 3.63) is 29.8 Å². The molecule has 2 aliphatic heterocycles. The Kier molecular flexibility index (Phi) is 2.60. The average molecular weight is 234 g/mol. The van der Waals surface area contributed by atoms with Crippen LogP contribution >= 0.6 is 0 Å². The summed E-state index contributed by atoms with van der Waals surface area (Å²) >= 11 is 0. The quantitative estimate of drug-likeness (QED) is 0.852. The molecule has 2 bridgehead atoms. The van der Waals surface area contributed by atoms with Crippen molar-refractivity contribution in [3.8, 4) is 5.75 Å². The number of fused-ring (bicyclic) bond motifs is 2. The lowest BCUT2D eigenvalue weighted by Crippen LogP contribution is -2.38. The lowest BCUT2D eigenvalue weighted by molar-refractivity contribution is -0.115. The summed E-state index contributed by atoms with van der Waals surface area (Å²) in [6, 6.07) is 7.75. The van der Waals surface area contributed by atoms with E-state index in [0.29, 0.717) is 12.8 Å². The van der Waals surface area contributed by atoms with E-state index in [9.17, 15) is 5.11 Å². The Balaban J connectivity index is 1.91. The molecule has 3 heteroatoms. The predicted molar refractivity (Wildman–Crippen MR) is 64.0 cm³/mol. The highest BCUT2D eigenvalue weighted by Gasteiger charge is 2.44. The number of aliphatic hydroxyl groups is 1. The average Bonchev–Trinajstić information content (AvgIpc) is 2.69. The van der Waals surface area contributed by atoms with E-state index in [2.05, 4.69) is 0 Å². The summed E-state index contributed by atoms with van der Waals surface area (Å²) in [7, 11) is 1.65. The van der Waals surface area contributed by atoms with Crippen LogP contribution in [0.15, 0.2) is 24.3 Å². The van der Waals surface area contributed by atoms with Crippen molar-refractivity contribution >= 4 is 0 Å². The van der Waals surface area contributed by atoms with E-state index in [1.807, 2.05) is 24.3 Å². The van der Waals surface area contributed by atoms with E-state index < -0.39 is 5.60 Å². The van der Waals surface area contributed by atoms with Crippen LogP contribution in [0.1, 0.15) is 31.2 Å². The Bertz CT molecular complexity index is 404. The fourth-order valence-corrected chi connectivity index (χ4v) is 3.07. The summed E-state index contributed by atoms with van der Waals surface area (Å²) in [5.74, 6) is 0.801. The second-order valence-electron chi connectivity index (χ2n) is 5.13. The third-order valence-corrected chi connectivity index (χ3v) is 3.93. The van der Waals surface area contributed by atoms with Gasteiger partial charge in [-0.05, 0) is 30.5 Å². The molecule has 2 aliphatic rings. The Morgan fingerprint density at radius 2 is 2.00 bits per heavy atom. The molecular weight excluding hydrogens is 216 g/mol. The molecule has 0 spiro atoms. The predicted octanol–water partition coefficient (Wildman–Crippen LogP) is 2.22. The molecule has 2 saturated heterocycles. The first-order valence-electron chi connectivity index (χ1n) is 6.22. The molecule has 0 amide bonds. The number of benzene rings is 1. The van der Waals surface area contributed by atoms with Gasteiger partial charge in [-0.1, -0.05) is 12.1 Å². The first kappa shape index (κ1) is 11.1. The Morgan fingerprint density at radius 3 is 2.65 bits per heavy atom. The number of hydrogen-bond acceptors (Lipinski definition) is 3. The summed E-state index contributed by atoms with van der Waals surface area (Å²) in [5.41, 5.74) is 0.218. The van der Waals surface area contributed by atoms with Gasteiger partial charge < -0.3 is 14.6 Å². The van der Waals surface area contributed by atoms with Crippen molar-refractivity contribution in [2.45, 2.75) is 43.5 Å². The molecule has 1 aromatic carbocycles. The van der Waals surface area contributed by atoms with Gasteiger partial charge in [0.1, 0.15) is 5.75 Å². The van der Waals surface area contributed by atoms with Crippen LogP contribution in [-0.4, -0.2) is 24.4 Å². The zero-order chi connectivity index (χ0) is 11.9. The molecule has 1 N–H and O–H groups in total. The summed E-state index contributed by atoms with van der Waals surface area (Å²) in [5, 5.41) is 10.8. The summed E-state index contributed by atoms with van der Waals surface area (Å²) < 4.78 is 11.0. The highest BCUT2D eigenvalue weighted by molar-refractivity contribution is 5.33. The smallest absolute Gasteiger partial charge is 0.119 e. The van der Waals surface area contributed by atoms with Gasteiger partial charge in [0.25, 0.3) is 0 Å². The number of ether oxygens (including phenoxy) is 2. The van der Waals surface area contributed by atoms with E-state index in [1.54, 1.807) is 7.11 Å². The summed E-state index contributed by atoms with van der Waals surface area (Å²) in [4.78, 5) is 0. The van der Waals surface area contributed by atoms with Gasteiger partial charge in [0.05, 0.1) is 24.9 Å². The fourth-order valence-electron chi connectivity index (χ4n) is 3.07. The first-order valence-corrected chi connectivity index (χ1v) is 6.22. The maximum absolute atomic E-state index is 10.8. The van der Waals surface area contributed by atoms with E-state index in [-0.39, 0.29) is 12.2 Å². The van der Waals surface area contributed by atoms with Crippen molar-refractivity contribution in [2.75, 3.05) is 7.11 Å². The Morgan fingerprint density at radius 1 is 1.29 bits per heavy atom. The van der Waals surface area contributed by atoms with Crippen LogP contribution < -0.4 is 4.74 Å². The molecule has 1 aromatic rings. The molecule has 2 unspecified atom stereocenters. The third kappa shape index (κ3) is 1.94. The van der Waals surface area contributed by atoms with Gasteiger partial charge >= 0.3 is 0 Å². The van der Waals surface area contributed by atoms with Crippen molar-refractivity contribution in [1.82, 2.24) is 0 Å². The summed E-state index contributed by atoms with van der Waals surface area (Å²) in [6.45, 7) is 0. The van der Waals surface area contributed by atoms with E-state index in [1.165, 1.54) is 0 Å². The van der Waals surface area contributed by atoms with E-state index in [0.717, 1.165) is 24.2 Å². The number of methoxy groups -OCH3 is 1. The molecule has 17 heavy (non-hydrogen) atoms. The van der Waals surface area contributed by atoms with Crippen molar-refractivity contribution in [1.29, 1.82) is 0 Å². The van der Waals surface area contributed by atoms with Gasteiger partial charge in [-0.15, -0.1) is 0 Å². The lowest BCUT2D eigenvalue weighted by Gasteiger charge is -2.37. The van der Waals surface area contributed by atoms with Gasteiger partial charge in [-0.2, -0.15) is 0 Å². The second-order valence-corrected chi connectivity index (χ2v) is 5.13. The molecule has 3 rings (SSSR count). The number of rotatable bonds is 2. The monoisotopic (exact) mass is 234 g/mol. The maximum Gasteiger partial charge on any atom is 0.119 e. The lowest BCUT2D eigenvalue weighted by atomic mass is 9.83. The minimum Gasteiger partial charge on any atom is -0.497 e. The zero-order valence-corrected chi connectivity index (χ0v) is 10.1. The number of hydrogen-bond donors (Lipinski definition) is 1. The fraction of sp³-hybridized carbons (Fsp3) is 0.571. The maximum atomic E-state index is 10.8. The zero-order valence-electron chi connectivity index (χ0n) is 10.1. The molecule has 2 atom stereocenters. The van der Waals surface area contributed by atoms with Gasteiger partial charge in [0, 0.05) is 12.8 Å². The third-order valence-electron chi connectivity index (χ3n) is 3.93. The molecule has 0 saturated carbocycles. The van der Waals surface area contributed by atoms with Crippen LogP contribution in [-0.2, 0) is 10.3 Å². The van der Waals surface area contributed by atoms with Crippen molar-refractivity contribution in [2.24, 2.45) is 0 Å². The molecule has 0 aromatic heterocycles. The van der Waals surface area contributed by atoms with Gasteiger partial charge in [0.15, 0.2) is 0 Å². The normalized spacial score (nSPS) is 35.9. The highest BCUT2D eigenvalue weighted by atomic mass is 16.5. The standard InChI is InChI=1S/C14H18O3/c1-16-11-4-2-3-10(7-11)14(15)8-12-5-6-13(9-14)17-12/h2-4,7,12-13,15H,5-6,8-9H2,1H3. The second kappa shape index (κ2) is 4.00. The molecule has 2 heterocycles. The molecule has 92 valence electrons. The Hall–Kier alpha value is -1.06. The molecule has 3 nitrogen and oxygen atoms in total. The van der Waals surface area contributed by atoms with Crippen molar-refractivity contribution < 1.29 is 14.6 Å². The van der Waals surface area contributed by atoms with Crippen LogP contribution in [0.5, 0.6) is 5.75 Å². The summed E-state index contributed by atoms with van der Waals surface area (Å²) in [6.07, 6.45) is 4.02. The Labute approximate surface area is 101 Å². The van der Waals surface area contributed by atoms with Crippen molar-refractivity contribution in [3.63, 3.8) is 0 Å². The van der Waals surface area contributed by atoms with Crippen LogP contribution in [0, 0.1) is 0 Å². The first-order chi connectivity index (χ1) is 8.19. The topological polar surface area (TPSA) is 38.7 Å². The van der Waals surface area contributed by atoms with E-state index in [4.69, 9.17) is 9.47 Å². The minimum absolute atomic E-state index is 0.227. The molecule has 0 radical (unpaired) electrons. The minimum atomic E-state index is -0.737. The van der Waals surface area contributed by atoms with Crippen LogP contribution in [0.2, 0.25) is 0 Å². The van der Waals surface area contributed by atoms with Crippen LogP contribution in [0.4, 0.5) is 0 Å². The molecule has 0 aliphatic carbocycles. The highest BCUT2D eigenvalue weighted by Crippen LogP contribution is 2.44. The van der Waals surface area contributed by atoms with Crippen LogP contribution in [0.25, 0.3) is 0 Å². The van der Waals surface area contributed by atoms with Gasteiger partial charge in [-0.25, -0.2) is 0 Å². The molecular formula is C14H18O3. The van der Waals surface area contributed by atoms with Gasteiger partial charge in [0.2, 0.25) is 0 Å². The SMILES string of the molecule is COc1cccc(C2(O)CC3CCC(C2)O3)c1.